The Hall–Kier alpha value is -1.50. The van der Waals surface area contributed by atoms with Crippen LogP contribution in [0.15, 0.2) is 4.99 Å². The molecule has 0 aliphatic carbocycles. The summed E-state index contributed by atoms with van der Waals surface area (Å²) < 4.78 is 5.54. The van der Waals surface area contributed by atoms with Crippen molar-refractivity contribution in [2.45, 2.75) is 91.3 Å². The van der Waals surface area contributed by atoms with Crippen LogP contribution < -0.4 is 10.6 Å². The lowest BCUT2D eigenvalue weighted by Crippen LogP contribution is -2.50. The van der Waals surface area contributed by atoms with Gasteiger partial charge in [0.05, 0.1) is 0 Å². The highest BCUT2D eigenvalue weighted by molar-refractivity contribution is 5.80. The largest absolute Gasteiger partial charge is 0.444 e. The molecule has 2 fully saturated rings. The lowest BCUT2D eigenvalue weighted by Gasteiger charge is -2.35. The normalized spacial score (nSPS) is 22.3. The van der Waals surface area contributed by atoms with Gasteiger partial charge < -0.3 is 25.2 Å². The predicted molar refractivity (Wildman–Crippen MR) is 124 cm³/mol. The molecule has 7 heteroatoms. The minimum Gasteiger partial charge on any atom is -0.444 e. The first-order chi connectivity index (χ1) is 14.2. The summed E-state index contributed by atoms with van der Waals surface area (Å²) in [5.41, 5.74) is -0.438. The minimum absolute atomic E-state index is 0.182. The van der Waals surface area contributed by atoms with Crippen molar-refractivity contribution in [3.8, 4) is 0 Å². The van der Waals surface area contributed by atoms with Crippen LogP contribution in [0.25, 0.3) is 0 Å². The first-order valence-electron chi connectivity index (χ1n) is 11.9. The lowest BCUT2D eigenvalue weighted by molar-refractivity contribution is 0.0163. The molecule has 2 aliphatic rings. The van der Waals surface area contributed by atoms with Gasteiger partial charge in [-0.3, -0.25) is 4.99 Å². The number of carbonyl (C=O) groups is 1. The zero-order valence-corrected chi connectivity index (χ0v) is 20.2. The molecule has 0 radical (unpaired) electrons. The number of aliphatic imine (C=N–C) groups is 1. The standard InChI is InChI=1S/C23H45N5O2/c1-7-24-21(26-20-11-15-27(16-12-20)18(2)3)25-13-10-19-9-8-14-28(17-19)22(29)30-23(4,5)6/h18-20H,7-17H2,1-6H3,(H2,24,25,26). The van der Waals surface area contributed by atoms with Crippen molar-refractivity contribution >= 4 is 12.1 Å². The van der Waals surface area contributed by atoms with Gasteiger partial charge in [-0.25, -0.2) is 4.79 Å². The molecule has 2 heterocycles. The number of guanidine groups is 1. The van der Waals surface area contributed by atoms with Crippen LogP contribution in [0.1, 0.15) is 73.6 Å². The summed E-state index contributed by atoms with van der Waals surface area (Å²) in [6, 6.07) is 1.12. The van der Waals surface area contributed by atoms with Crippen LogP contribution in [0.2, 0.25) is 0 Å². The second-order valence-electron chi connectivity index (χ2n) is 10.0. The van der Waals surface area contributed by atoms with Crippen molar-refractivity contribution in [1.29, 1.82) is 0 Å². The molecule has 1 unspecified atom stereocenters. The Morgan fingerprint density at radius 2 is 1.87 bits per heavy atom. The summed E-state index contributed by atoms with van der Waals surface area (Å²) in [7, 11) is 0. The van der Waals surface area contributed by atoms with Gasteiger partial charge in [0.15, 0.2) is 5.96 Å². The van der Waals surface area contributed by atoms with Crippen molar-refractivity contribution in [3.05, 3.63) is 0 Å². The predicted octanol–water partition coefficient (Wildman–Crippen LogP) is 3.45. The number of rotatable bonds is 6. The Balaban J connectivity index is 1.78. The van der Waals surface area contributed by atoms with Crippen molar-refractivity contribution in [1.82, 2.24) is 20.4 Å². The van der Waals surface area contributed by atoms with E-state index in [1.165, 1.54) is 0 Å². The average molecular weight is 424 g/mol. The van der Waals surface area contributed by atoms with Crippen LogP contribution in [0.4, 0.5) is 4.79 Å². The fourth-order valence-electron chi connectivity index (χ4n) is 4.23. The van der Waals surface area contributed by atoms with Crippen LogP contribution in [0.3, 0.4) is 0 Å². The molecule has 30 heavy (non-hydrogen) atoms. The van der Waals surface area contributed by atoms with Gasteiger partial charge in [0.2, 0.25) is 0 Å². The number of likely N-dealkylation sites (tertiary alicyclic amines) is 2. The molecule has 1 amide bonds. The summed E-state index contributed by atoms with van der Waals surface area (Å²) in [4.78, 5) is 21.6. The first kappa shape index (κ1) is 24.8. The third-order valence-electron chi connectivity index (χ3n) is 5.92. The molecule has 2 saturated heterocycles. The molecule has 2 rings (SSSR count). The average Bonchev–Trinajstić information content (AvgIpc) is 2.67. The van der Waals surface area contributed by atoms with Crippen LogP contribution in [0, 0.1) is 5.92 Å². The third kappa shape index (κ3) is 8.70. The van der Waals surface area contributed by atoms with Gasteiger partial charge in [-0.15, -0.1) is 0 Å². The maximum Gasteiger partial charge on any atom is 0.410 e. The summed E-state index contributed by atoms with van der Waals surface area (Å²) in [5, 5.41) is 7.03. The maximum atomic E-state index is 12.4. The Morgan fingerprint density at radius 3 is 2.47 bits per heavy atom. The number of amides is 1. The molecule has 0 aromatic carbocycles. The molecule has 0 bridgehead atoms. The highest BCUT2D eigenvalue weighted by atomic mass is 16.6. The molecule has 7 nitrogen and oxygen atoms in total. The molecule has 174 valence electrons. The summed E-state index contributed by atoms with van der Waals surface area (Å²) in [6.07, 6.45) is 5.35. The van der Waals surface area contributed by atoms with Gasteiger partial charge in [-0.2, -0.15) is 0 Å². The van der Waals surface area contributed by atoms with Gasteiger partial charge in [-0.1, -0.05) is 0 Å². The van der Waals surface area contributed by atoms with Gasteiger partial charge in [0.1, 0.15) is 5.60 Å². The molecule has 0 saturated carbocycles. The monoisotopic (exact) mass is 423 g/mol. The number of nitrogens with one attached hydrogen (secondary N) is 2. The molecular weight excluding hydrogens is 378 g/mol. The second kappa shape index (κ2) is 11.8. The Labute approximate surface area is 184 Å². The maximum absolute atomic E-state index is 12.4. The highest BCUT2D eigenvalue weighted by Crippen LogP contribution is 2.22. The van der Waals surface area contributed by atoms with E-state index in [0.717, 1.165) is 77.3 Å². The number of carbonyl (C=O) groups excluding carboxylic acids is 1. The van der Waals surface area contributed by atoms with Crippen molar-refractivity contribution < 1.29 is 9.53 Å². The van der Waals surface area contributed by atoms with Gasteiger partial charge >= 0.3 is 6.09 Å². The van der Waals surface area contributed by atoms with Crippen LogP contribution in [0.5, 0.6) is 0 Å². The fraction of sp³-hybridized carbons (Fsp3) is 0.913. The van der Waals surface area contributed by atoms with E-state index in [1.54, 1.807) is 0 Å². The zero-order chi connectivity index (χ0) is 22.1. The van der Waals surface area contributed by atoms with E-state index in [2.05, 4.69) is 36.3 Å². The van der Waals surface area contributed by atoms with E-state index in [9.17, 15) is 4.79 Å². The Kier molecular flexibility index (Phi) is 9.72. The lowest BCUT2D eigenvalue weighted by atomic mass is 9.95. The first-order valence-corrected chi connectivity index (χ1v) is 11.9. The highest BCUT2D eigenvalue weighted by Gasteiger charge is 2.27. The van der Waals surface area contributed by atoms with Crippen molar-refractivity contribution in [3.63, 3.8) is 0 Å². The number of ether oxygens (including phenoxy) is 1. The fourth-order valence-corrected chi connectivity index (χ4v) is 4.23. The topological polar surface area (TPSA) is 69.2 Å². The zero-order valence-electron chi connectivity index (χ0n) is 20.2. The van der Waals surface area contributed by atoms with E-state index in [-0.39, 0.29) is 6.09 Å². The van der Waals surface area contributed by atoms with Crippen LogP contribution in [-0.4, -0.2) is 78.8 Å². The van der Waals surface area contributed by atoms with Crippen molar-refractivity contribution in [2.75, 3.05) is 39.3 Å². The number of hydrogen-bond donors (Lipinski definition) is 2. The smallest absolute Gasteiger partial charge is 0.410 e. The van der Waals surface area contributed by atoms with E-state index < -0.39 is 5.60 Å². The quantitative estimate of drug-likeness (QED) is 0.506. The SMILES string of the molecule is CCNC(=NCCC1CCCN(C(=O)OC(C)(C)C)C1)NC1CCN(C(C)C)CC1. The van der Waals surface area contributed by atoms with E-state index in [4.69, 9.17) is 9.73 Å². The van der Waals surface area contributed by atoms with E-state index in [1.807, 2.05) is 25.7 Å². The molecule has 1 atom stereocenters. The molecule has 2 N–H and O–H groups in total. The van der Waals surface area contributed by atoms with Crippen LogP contribution in [-0.2, 0) is 4.74 Å². The van der Waals surface area contributed by atoms with Gasteiger partial charge in [-0.05, 0) is 79.6 Å². The molecule has 0 aromatic heterocycles. The minimum atomic E-state index is -0.438. The molecule has 0 aromatic rings. The van der Waals surface area contributed by atoms with Gasteiger partial charge in [0.25, 0.3) is 0 Å². The molecular formula is C23H45N5O2. The Morgan fingerprint density at radius 1 is 1.17 bits per heavy atom. The van der Waals surface area contributed by atoms with Crippen molar-refractivity contribution in [2.24, 2.45) is 10.9 Å². The number of piperidine rings is 2. The summed E-state index contributed by atoms with van der Waals surface area (Å²) in [5.74, 6) is 1.42. The summed E-state index contributed by atoms with van der Waals surface area (Å²) in [6.45, 7) is 17.9. The molecule has 2 aliphatic heterocycles. The number of hydrogen-bond acceptors (Lipinski definition) is 4. The van der Waals surface area contributed by atoms with E-state index >= 15 is 0 Å². The molecule has 0 spiro atoms. The Bertz CT molecular complexity index is 550. The van der Waals surface area contributed by atoms with Gasteiger partial charge in [0, 0.05) is 51.4 Å². The second-order valence-corrected chi connectivity index (χ2v) is 10.0. The third-order valence-corrected chi connectivity index (χ3v) is 5.92. The van der Waals surface area contributed by atoms with Crippen LogP contribution >= 0.6 is 0 Å². The summed E-state index contributed by atoms with van der Waals surface area (Å²) >= 11 is 0. The van der Waals surface area contributed by atoms with E-state index in [0.29, 0.717) is 18.0 Å². The number of nitrogens with zero attached hydrogens (tertiary/aromatic N) is 3.